The summed E-state index contributed by atoms with van der Waals surface area (Å²) < 4.78 is 16.7. The van der Waals surface area contributed by atoms with Gasteiger partial charge in [-0.05, 0) is 11.6 Å². The summed E-state index contributed by atoms with van der Waals surface area (Å²) in [6, 6.07) is 13.2. The third-order valence-corrected chi connectivity index (χ3v) is 3.90. The van der Waals surface area contributed by atoms with E-state index >= 15 is 0 Å². The van der Waals surface area contributed by atoms with Crippen LogP contribution < -0.4 is 24.8 Å². The van der Waals surface area contributed by atoms with Gasteiger partial charge in [0.2, 0.25) is 0 Å². The SMILES string of the molecule is COc1cc(OCc2ccccc2)c([C@H]2CNC(=O)N2)cc1OC. The van der Waals surface area contributed by atoms with Crippen molar-refractivity contribution in [2.45, 2.75) is 12.6 Å². The molecule has 1 atom stereocenters. The summed E-state index contributed by atoms with van der Waals surface area (Å²) in [6.07, 6.45) is 0. The highest BCUT2D eigenvalue weighted by Crippen LogP contribution is 2.38. The maximum Gasteiger partial charge on any atom is 0.315 e. The zero-order valence-corrected chi connectivity index (χ0v) is 13.7. The molecule has 0 bridgehead atoms. The number of urea groups is 1. The third-order valence-electron chi connectivity index (χ3n) is 3.90. The highest BCUT2D eigenvalue weighted by Gasteiger charge is 2.26. The van der Waals surface area contributed by atoms with Gasteiger partial charge in [-0.3, -0.25) is 0 Å². The van der Waals surface area contributed by atoms with E-state index in [0.29, 0.717) is 30.4 Å². The number of ether oxygens (including phenoxy) is 3. The van der Waals surface area contributed by atoms with E-state index in [1.165, 1.54) is 0 Å². The summed E-state index contributed by atoms with van der Waals surface area (Å²) >= 11 is 0. The average molecular weight is 328 g/mol. The first kappa shape index (κ1) is 16.0. The van der Waals surface area contributed by atoms with E-state index in [2.05, 4.69) is 10.6 Å². The number of benzene rings is 2. The van der Waals surface area contributed by atoms with E-state index in [-0.39, 0.29) is 12.1 Å². The monoisotopic (exact) mass is 328 g/mol. The second-order valence-electron chi connectivity index (χ2n) is 5.43. The first-order valence-corrected chi connectivity index (χ1v) is 7.68. The van der Waals surface area contributed by atoms with Gasteiger partial charge in [-0.2, -0.15) is 0 Å². The minimum Gasteiger partial charge on any atom is -0.493 e. The fraction of sp³-hybridized carbons (Fsp3) is 0.278. The lowest BCUT2D eigenvalue weighted by molar-refractivity contribution is 0.247. The summed E-state index contributed by atoms with van der Waals surface area (Å²) in [7, 11) is 3.16. The molecule has 2 aromatic carbocycles. The predicted octanol–water partition coefficient (Wildman–Crippen LogP) is 2.64. The van der Waals surface area contributed by atoms with Gasteiger partial charge in [0.25, 0.3) is 0 Å². The second kappa shape index (κ2) is 7.12. The quantitative estimate of drug-likeness (QED) is 0.855. The lowest BCUT2D eigenvalue weighted by Crippen LogP contribution is -2.22. The molecule has 24 heavy (non-hydrogen) atoms. The largest absolute Gasteiger partial charge is 0.493 e. The Bertz CT molecular complexity index is 718. The van der Waals surface area contributed by atoms with Crippen molar-refractivity contribution in [3.8, 4) is 17.2 Å². The number of amides is 2. The first-order chi connectivity index (χ1) is 11.7. The van der Waals surface area contributed by atoms with Crippen molar-refractivity contribution in [3.63, 3.8) is 0 Å². The molecule has 1 heterocycles. The predicted molar refractivity (Wildman–Crippen MR) is 89.6 cm³/mol. The number of hydrogen-bond acceptors (Lipinski definition) is 4. The van der Waals surface area contributed by atoms with E-state index < -0.39 is 0 Å². The zero-order chi connectivity index (χ0) is 16.9. The van der Waals surface area contributed by atoms with Crippen LogP contribution in [0.3, 0.4) is 0 Å². The molecule has 6 heteroatoms. The lowest BCUT2D eigenvalue weighted by atomic mass is 10.1. The minimum atomic E-state index is -0.191. The van der Waals surface area contributed by atoms with Crippen molar-refractivity contribution in [2.75, 3.05) is 20.8 Å². The molecule has 0 aromatic heterocycles. The van der Waals surface area contributed by atoms with E-state index in [0.717, 1.165) is 11.1 Å². The Morgan fingerprint density at radius 3 is 2.38 bits per heavy atom. The van der Waals surface area contributed by atoms with Crippen LogP contribution in [0.4, 0.5) is 4.79 Å². The van der Waals surface area contributed by atoms with Gasteiger partial charge in [0.05, 0.1) is 20.3 Å². The van der Waals surface area contributed by atoms with E-state index in [4.69, 9.17) is 14.2 Å². The lowest BCUT2D eigenvalue weighted by Gasteiger charge is -2.19. The molecule has 0 radical (unpaired) electrons. The molecule has 126 valence electrons. The molecule has 0 spiro atoms. The Hall–Kier alpha value is -2.89. The number of carbonyl (C=O) groups is 1. The fourth-order valence-electron chi connectivity index (χ4n) is 2.65. The van der Waals surface area contributed by atoms with Crippen molar-refractivity contribution in [1.82, 2.24) is 10.6 Å². The van der Waals surface area contributed by atoms with Gasteiger partial charge in [0.15, 0.2) is 11.5 Å². The van der Waals surface area contributed by atoms with Crippen molar-refractivity contribution in [1.29, 1.82) is 0 Å². The molecule has 2 amide bonds. The molecule has 1 aliphatic heterocycles. The maximum absolute atomic E-state index is 11.5. The summed E-state index contributed by atoms with van der Waals surface area (Å²) in [5.41, 5.74) is 1.91. The topological polar surface area (TPSA) is 68.8 Å². The fourth-order valence-corrected chi connectivity index (χ4v) is 2.65. The van der Waals surface area contributed by atoms with Gasteiger partial charge in [-0.15, -0.1) is 0 Å². The minimum absolute atomic E-state index is 0.178. The zero-order valence-electron chi connectivity index (χ0n) is 13.7. The van der Waals surface area contributed by atoms with Crippen molar-refractivity contribution < 1.29 is 19.0 Å². The molecule has 0 aliphatic carbocycles. The normalized spacial score (nSPS) is 16.2. The van der Waals surface area contributed by atoms with Gasteiger partial charge in [-0.25, -0.2) is 4.79 Å². The molecule has 6 nitrogen and oxygen atoms in total. The molecular weight excluding hydrogens is 308 g/mol. The van der Waals surface area contributed by atoms with E-state index in [1.807, 2.05) is 36.4 Å². The summed E-state index contributed by atoms with van der Waals surface area (Å²) in [5.74, 6) is 1.84. The highest BCUT2D eigenvalue weighted by atomic mass is 16.5. The average Bonchev–Trinajstić information content (AvgIpc) is 3.06. The van der Waals surface area contributed by atoms with Crippen LogP contribution in [0.1, 0.15) is 17.2 Å². The van der Waals surface area contributed by atoms with Gasteiger partial charge in [0.1, 0.15) is 12.4 Å². The van der Waals surface area contributed by atoms with Crippen LogP contribution in [0, 0.1) is 0 Å². The number of methoxy groups -OCH3 is 2. The molecule has 1 fully saturated rings. The second-order valence-corrected chi connectivity index (χ2v) is 5.43. The number of rotatable bonds is 6. The smallest absolute Gasteiger partial charge is 0.315 e. The summed E-state index contributed by atoms with van der Waals surface area (Å²) in [4.78, 5) is 11.5. The molecule has 0 saturated carbocycles. The van der Waals surface area contributed by atoms with Crippen LogP contribution in [0.5, 0.6) is 17.2 Å². The molecule has 1 saturated heterocycles. The van der Waals surface area contributed by atoms with Crippen LogP contribution >= 0.6 is 0 Å². The summed E-state index contributed by atoms with van der Waals surface area (Å²) in [6.45, 7) is 0.924. The number of carbonyl (C=O) groups excluding carboxylic acids is 1. The Labute approximate surface area is 140 Å². The van der Waals surface area contributed by atoms with Crippen LogP contribution in [0.25, 0.3) is 0 Å². The van der Waals surface area contributed by atoms with Crippen molar-refractivity contribution in [3.05, 3.63) is 53.6 Å². The van der Waals surface area contributed by atoms with Crippen LogP contribution in [-0.2, 0) is 6.61 Å². The molecule has 1 aliphatic rings. The molecule has 2 N–H and O–H groups in total. The molecular formula is C18H20N2O4. The van der Waals surface area contributed by atoms with Gasteiger partial charge < -0.3 is 24.8 Å². The van der Waals surface area contributed by atoms with E-state index in [9.17, 15) is 4.79 Å². The Morgan fingerprint density at radius 1 is 1.04 bits per heavy atom. The van der Waals surface area contributed by atoms with Gasteiger partial charge in [-0.1, -0.05) is 30.3 Å². The Morgan fingerprint density at radius 2 is 1.75 bits per heavy atom. The van der Waals surface area contributed by atoms with Crippen molar-refractivity contribution >= 4 is 6.03 Å². The highest BCUT2D eigenvalue weighted by molar-refractivity contribution is 5.77. The Balaban J connectivity index is 1.90. The number of nitrogens with one attached hydrogen (secondary N) is 2. The Kier molecular flexibility index (Phi) is 4.74. The third kappa shape index (κ3) is 3.37. The standard InChI is InChI=1S/C18H20N2O4/c1-22-16-8-13(14-10-19-18(21)20-14)15(9-17(16)23-2)24-11-12-6-4-3-5-7-12/h3-9,14H,10-11H2,1-2H3,(H2,19,20,21)/t14-/m1/s1. The van der Waals surface area contributed by atoms with Crippen LogP contribution in [0.15, 0.2) is 42.5 Å². The van der Waals surface area contributed by atoms with Gasteiger partial charge in [0, 0.05) is 18.2 Å². The molecule has 0 unspecified atom stereocenters. The van der Waals surface area contributed by atoms with Crippen molar-refractivity contribution in [2.24, 2.45) is 0 Å². The number of hydrogen-bond donors (Lipinski definition) is 2. The van der Waals surface area contributed by atoms with E-state index in [1.54, 1.807) is 20.3 Å². The van der Waals surface area contributed by atoms with Crippen LogP contribution in [0.2, 0.25) is 0 Å². The maximum atomic E-state index is 11.5. The van der Waals surface area contributed by atoms with Crippen LogP contribution in [-0.4, -0.2) is 26.8 Å². The molecule has 3 rings (SSSR count). The summed E-state index contributed by atoms with van der Waals surface area (Å²) in [5, 5.41) is 5.63. The van der Waals surface area contributed by atoms with Gasteiger partial charge >= 0.3 is 6.03 Å². The first-order valence-electron chi connectivity index (χ1n) is 7.68. The molecule has 2 aromatic rings.